The molecule has 0 fully saturated rings. The van der Waals surface area contributed by atoms with Crippen molar-refractivity contribution >= 4 is 5.91 Å². The fourth-order valence-corrected chi connectivity index (χ4v) is 3.21. The highest BCUT2D eigenvalue weighted by molar-refractivity contribution is 5.76. The van der Waals surface area contributed by atoms with E-state index in [-0.39, 0.29) is 17.8 Å². The van der Waals surface area contributed by atoms with Crippen molar-refractivity contribution in [3.63, 3.8) is 0 Å². The molecule has 5 nitrogen and oxygen atoms in total. The number of nitrogens with one attached hydrogen (secondary N) is 1. The van der Waals surface area contributed by atoms with Gasteiger partial charge in [-0.05, 0) is 69.2 Å². The number of hydrogen-bond donors (Lipinski definition) is 1. The zero-order chi connectivity index (χ0) is 20.8. The van der Waals surface area contributed by atoms with Gasteiger partial charge in [0.2, 0.25) is 5.91 Å². The van der Waals surface area contributed by atoms with Gasteiger partial charge in [-0.3, -0.25) is 4.79 Å². The number of aryl methyl sites for hydroxylation is 1. The lowest BCUT2D eigenvalue weighted by atomic mass is 10.1. The molecule has 6 heteroatoms. The maximum atomic E-state index is 13.1. The molecule has 0 radical (unpaired) electrons. The van der Waals surface area contributed by atoms with Crippen LogP contribution in [-0.2, 0) is 4.79 Å². The number of carbonyl (C=O) groups excluding carboxylic acids is 1. The van der Waals surface area contributed by atoms with Crippen molar-refractivity contribution in [2.24, 2.45) is 0 Å². The van der Waals surface area contributed by atoms with Gasteiger partial charge in [-0.2, -0.15) is 5.10 Å². The third kappa shape index (κ3) is 5.44. The molecule has 0 saturated carbocycles. The van der Waals surface area contributed by atoms with Crippen molar-refractivity contribution < 1.29 is 13.9 Å². The molecule has 29 heavy (non-hydrogen) atoms. The summed E-state index contributed by atoms with van der Waals surface area (Å²) in [6, 6.07) is 13.8. The second-order valence-corrected chi connectivity index (χ2v) is 7.13. The highest BCUT2D eigenvalue weighted by atomic mass is 19.1. The highest BCUT2D eigenvalue weighted by Gasteiger charge is 2.16. The van der Waals surface area contributed by atoms with Crippen LogP contribution in [0.5, 0.6) is 5.75 Å². The van der Waals surface area contributed by atoms with E-state index >= 15 is 0 Å². The standard InChI is InChI=1S/C23H26FN3O2/c1-16-6-4-7-21(14-16)29-13-5-8-23(28)26-17(2)22-15-25-27(18(22)3)20-11-9-19(24)10-12-20/h4,6-7,9-12,14-15,17H,5,8,13H2,1-3H3,(H,26,28). The molecule has 1 aromatic heterocycles. The van der Waals surface area contributed by atoms with Gasteiger partial charge in [0.1, 0.15) is 11.6 Å². The van der Waals surface area contributed by atoms with Crippen LogP contribution in [0.2, 0.25) is 0 Å². The average molecular weight is 395 g/mol. The van der Waals surface area contributed by atoms with E-state index < -0.39 is 0 Å². The van der Waals surface area contributed by atoms with Crippen LogP contribution < -0.4 is 10.1 Å². The van der Waals surface area contributed by atoms with Crippen LogP contribution in [0.3, 0.4) is 0 Å². The highest BCUT2D eigenvalue weighted by Crippen LogP contribution is 2.20. The molecule has 1 heterocycles. The molecule has 0 spiro atoms. The first-order valence-corrected chi connectivity index (χ1v) is 9.73. The Labute approximate surface area is 170 Å². The normalized spacial score (nSPS) is 11.9. The Morgan fingerprint density at radius 3 is 2.69 bits per heavy atom. The summed E-state index contributed by atoms with van der Waals surface area (Å²) in [6.45, 7) is 6.37. The van der Waals surface area contributed by atoms with Gasteiger partial charge in [0, 0.05) is 17.7 Å². The maximum absolute atomic E-state index is 13.1. The topological polar surface area (TPSA) is 56.1 Å². The summed E-state index contributed by atoms with van der Waals surface area (Å²) in [5, 5.41) is 7.39. The fourth-order valence-electron chi connectivity index (χ4n) is 3.21. The molecular formula is C23H26FN3O2. The van der Waals surface area contributed by atoms with Crippen LogP contribution >= 0.6 is 0 Å². The summed E-state index contributed by atoms with van der Waals surface area (Å²) >= 11 is 0. The van der Waals surface area contributed by atoms with E-state index in [0.29, 0.717) is 19.4 Å². The maximum Gasteiger partial charge on any atom is 0.220 e. The van der Waals surface area contributed by atoms with Crippen LogP contribution in [0.1, 0.15) is 42.6 Å². The van der Waals surface area contributed by atoms with Gasteiger partial charge >= 0.3 is 0 Å². The minimum atomic E-state index is -0.286. The Morgan fingerprint density at radius 1 is 1.21 bits per heavy atom. The molecule has 3 aromatic rings. The van der Waals surface area contributed by atoms with Crippen LogP contribution in [0.15, 0.2) is 54.7 Å². The monoisotopic (exact) mass is 395 g/mol. The predicted molar refractivity (Wildman–Crippen MR) is 111 cm³/mol. The lowest BCUT2D eigenvalue weighted by molar-refractivity contribution is -0.121. The van der Waals surface area contributed by atoms with Gasteiger partial charge in [0.25, 0.3) is 0 Å². The molecule has 3 rings (SSSR count). The number of ether oxygens (including phenoxy) is 1. The van der Waals surface area contributed by atoms with Gasteiger partial charge in [-0.1, -0.05) is 12.1 Å². The molecule has 0 bridgehead atoms. The molecular weight excluding hydrogens is 369 g/mol. The lowest BCUT2D eigenvalue weighted by Crippen LogP contribution is -2.27. The van der Waals surface area contributed by atoms with Crippen molar-refractivity contribution in [3.8, 4) is 11.4 Å². The number of rotatable bonds is 8. The first-order valence-electron chi connectivity index (χ1n) is 9.73. The molecule has 1 amide bonds. The molecule has 0 saturated heterocycles. The zero-order valence-corrected chi connectivity index (χ0v) is 17.0. The average Bonchev–Trinajstić information content (AvgIpc) is 3.07. The second kappa shape index (κ2) is 9.37. The van der Waals surface area contributed by atoms with Gasteiger partial charge < -0.3 is 10.1 Å². The van der Waals surface area contributed by atoms with Crippen molar-refractivity contribution in [2.75, 3.05) is 6.61 Å². The molecule has 1 unspecified atom stereocenters. The second-order valence-electron chi connectivity index (χ2n) is 7.13. The van der Waals surface area contributed by atoms with E-state index in [0.717, 1.165) is 28.3 Å². The third-order valence-corrected chi connectivity index (χ3v) is 4.77. The number of amides is 1. The predicted octanol–water partition coefficient (Wildman–Crippen LogP) is 4.66. The van der Waals surface area contributed by atoms with Crippen LogP contribution in [-0.4, -0.2) is 22.3 Å². The van der Waals surface area contributed by atoms with Crippen molar-refractivity contribution in [2.45, 2.75) is 39.7 Å². The van der Waals surface area contributed by atoms with Gasteiger partial charge in [0.05, 0.1) is 24.5 Å². The number of hydrogen-bond acceptors (Lipinski definition) is 3. The molecule has 1 atom stereocenters. The SMILES string of the molecule is Cc1cccc(OCCCC(=O)NC(C)c2cnn(-c3ccc(F)cc3)c2C)c1. The molecule has 0 aliphatic rings. The smallest absolute Gasteiger partial charge is 0.220 e. The Morgan fingerprint density at radius 2 is 1.97 bits per heavy atom. The summed E-state index contributed by atoms with van der Waals surface area (Å²) in [4.78, 5) is 12.3. The van der Waals surface area contributed by atoms with E-state index in [4.69, 9.17) is 4.74 Å². The molecule has 1 N–H and O–H groups in total. The summed E-state index contributed by atoms with van der Waals surface area (Å²) in [7, 11) is 0. The zero-order valence-electron chi connectivity index (χ0n) is 17.0. The number of halogens is 1. The minimum absolute atomic E-state index is 0.0284. The van der Waals surface area contributed by atoms with Crippen LogP contribution in [0.25, 0.3) is 5.69 Å². The summed E-state index contributed by atoms with van der Waals surface area (Å²) in [5.74, 6) is 0.507. The van der Waals surface area contributed by atoms with E-state index in [2.05, 4.69) is 10.4 Å². The van der Waals surface area contributed by atoms with E-state index in [1.807, 2.05) is 45.0 Å². The first kappa shape index (κ1) is 20.6. The van der Waals surface area contributed by atoms with Crippen LogP contribution in [0.4, 0.5) is 4.39 Å². The van der Waals surface area contributed by atoms with E-state index in [1.165, 1.54) is 12.1 Å². The van der Waals surface area contributed by atoms with Crippen molar-refractivity contribution in [1.82, 2.24) is 15.1 Å². The largest absolute Gasteiger partial charge is 0.494 e. The number of benzene rings is 2. The third-order valence-electron chi connectivity index (χ3n) is 4.77. The Hall–Kier alpha value is -3.15. The number of aromatic nitrogens is 2. The summed E-state index contributed by atoms with van der Waals surface area (Å²) < 4.78 is 20.6. The Balaban J connectivity index is 1.50. The van der Waals surface area contributed by atoms with Crippen molar-refractivity contribution in [1.29, 1.82) is 0 Å². The van der Waals surface area contributed by atoms with Crippen LogP contribution in [0, 0.1) is 19.7 Å². The molecule has 0 aliphatic heterocycles. The lowest BCUT2D eigenvalue weighted by Gasteiger charge is -2.14. The quantitative estimate of drug-likeness (QED) is 0.564. The van der Waals surface area contributed by atoms with E-state index in [9.17, 15) is 9.18 Å². The molecule has 0 aliphatic carbocycles. The van der Waals surface area contributed by atoms with Gasteiger partial charge in [-0.25, -0.2) is 9.07 Å². The summed E-state index contributed by atoms with van der Waals surface area (Å²) in [5.41, 5.74) is 3.76. The Kier molecular flexibility index (Phi) is 6.65. The fraction of sp³-hybridized carbons (Fsp3) is 0.304. The van der Waals surface area contributed by atoms with Crippen molar-refractivity contribution in [3.05, 3.63) is 77.4 Å². The van der Waals surface area contributed by atoms with E-state index in [1.54, 1.807) is 23.0 Å². The van der Waals surface area contributed by atoms with Gasteiger partial charge in [-0.15, -0.1) is 0 Å². The van der Waals surface area contributed by atoms with Gasteiger partial charge in [0.15, 0.2) is 0 Å². The first-order chi connectivity index (χ1) is 13.9. The molecule has 152 valence electrons. The molecule has 2 aromatic carbocycles. The minimum Gasteiger partial charge on any atom is -0.494 e. The number of nitrogens with zero attached hydrogens (tertiary/aromatic N) is 2. The summed E-state index contributed by atoms with van der Waals surface area (Å²) in [6.07, 6.45) is 2.77. The number of carbonyl (C=O) groups is 1. The Bertz CT molecular complexity index is 967.